The Balaban J connectivity index is 1.51. The van der Waals surface area contributed by atoms with Crippen molar-refractivity contribution in [1.29, 1.82) is 0 Å². The number of amides is 1. The molecule has 2 fully saturated rings. The van der Waals surface area contributed by atoms with Gasteiger partial charge in [0.25, 0.3) is 5.91 Å². The molecule has 0 radical (unpaired) electrons. The van der Waals surface area contributed by atoms with Crippen molar-refractivity contribution in [2.45, 2.75) is 50.2 Å². The zero-order valence-corrected chi connectivity index (χ0v) is 12.6. The highest BCUT2D eigenvalue weighted by Crippen LogP contribution is 2.43. The molecule has 6 nitrogen and oxygen atoms in total. The third kappa shape index (κ3) is 2.14. The number of hydrogen-bond donors (Lipinski definition) is 3. The van der Waals surface area contributed by atoms with Gasteiger partial charge in [-0.25, -0.2) is 5.48 Å². The van der Waals surface area contributed by atoms with Crippen LogP contribution in [0.4, 0.5) is 0 Å². The topological polar surface area (TPSA) is 77.5 Å². The van der Waals surface area contributed by atoms with Crippen LogP contribution in [0.1, 0.15) is 47.3 Å². The van der Waals surface area contributed by atoms with E-state index < -0.39 is 5.91 Å². The van der Waals surface area contributed by atoms with Gasteiger partial charge in [0.15, 0.2) is 0 Å². The monoisotopic (exact) mass is 302 g/mol. The molecule has 1 aliphatic carbocycles. The Morgan fingerprint density at radius 2 is 2.41 bits per heavy atom. The van der Waals surface area contributed by atoms with Crippen molar-refractivity contribution >= 4 is 5.91 Å². The van der Waals surface area contributed by atoms with Crippen LogP contribution >= 0.6 is 0 Å². The van der Waals surface area contributed by atoms with Crippen molar-refractivity contribution in [2.75, 3.05) is 13.1 Å². The Bertz CT molecular complexity index is 598. The summed E-state index contributed by atoms with van der Waals surface area (Å²) in [4.78, 5) is 18.5. The van der Waals surface area contributed by atoms with Gasteiger partial charge in [0.1, 0.15) is 0 Å². The Labute approximate surface area is 129 Å². The van der Waals surface area contributed by atoms with Crippen LogP contribution in [0.15, 0.2) is 12.3 Å². The fourth-order valence-electron chi connectivity index (χ4n) is 4.37. The summed E-state index contributed by atoms with van der Waals surface area (Å²) in [7, 11) is 0. The van der Waals surface area contributed by atoms with Crippen molar-refractivity contribution in [2.24, 2.45) is 0 Å². The first kappa shape index (κ1) is 14.1. The summed E-state index contributed by atoms with van der Waals surface area (Å²) in [6.07, 6.45) is 7.62. The lowest BCUT2D eigenvalue weighted by Gasteiger charge is -2.53. The molecule has 1 spiro atoms. The van der Waals surface area contributed by atoms with Crippen LogP contribution in [0.25, 0.3) is 0 Å². The summed E-state index contributed by atoms with van der Waals surface area (Å²) < 4.78 is 0. The largest absolute Gasteiger partial charge is 0.310 e. The number of pyridine rings is 1. The molecule has 1 aromatic heterocycles. The quantitative estimate of drug-likeness (QED) is 0.557. The highest BCUT2D eigenvalue weighted by Gasteiger charge is 2.51. The van der Waals surface area contributed by atoms with Crippen LogP contribution in [-0.2, 0) is 13.0 Å². The number of hydroxylamine groups is 1. The number of carbonyl (C=O) groups is 1. The molecule has 1 aromatic rings. The average Bonchev–Trinajstić information content (AvgIpc) is 3.05. The van der Waals surface area contributed by atoms with Gasteiger partial charge < -0.3 is 5.32 Å². The van der Waals surface area contributed by atoms with E-state index in [2.05, 4.69) is 15.2 Å². The Morgan fingerprint density at radius 3 is 3.09 bits per heavy atom. The van der Waals surface area contributed by atoms with E-state index in [0.29, 0.717) is 17.1 Å². The van der Waals surface area contributed by atoms with E-state index in [-0.39, 0.29) is 0 Å². The van der Waals surface area contributed by atoms with Crippen LogP contribution in [0, 0.1) is 0 Å². The molecular weight excluding hydrogens is 280 g/mol. The molecule has 1 amide bonds. The first-order chi connectivity index (χ1) is 10.7. The average molecular weight is 302 g/mol. The number of hydrogen-bond acceptors (Lipinski definition) is 5. The van der Waals surface area contributed by atoms with Crippen molar-refractivity contribution in [3.63, 3.8) is 0 Å². The molecule has 22 heavy (non-hydrogen) atoms. The molecule has 0 unspecified atom stereocenters. The molecule has 1 saturated carbocycles. The van der Waals surface area contributed by atoms with E-state index in [9.17, 15) is 4.79 Å². The minimum atomic E-state index is -0.495. The number of nitrogens with zero attached hydrogens (tertiary/aromatic N) is 2. The van der Waals surface area contributed by atoms with Gasteiger partial charge in [0, 0.05) is 30.9 Å². The fraction of sp³-hybridized carbons (Fsp3) is 0.625. The maximum atomic E-state index is 11.5. The zero-order chi connectivity index (χ0) is 15.2. The SMILES string of the molecule is O=C(NO)c1cnc2c(c1)CCN([C@H]1CC[C@@]13CCCN3)C2. The molecule has 3 aliphatic rings. The minimum Gasteiger partial charge on any atom is -0.310 e. The highest BCUT2D eigenvalue weighted by atomic mass is 16.5. The second kappa shape index (κ2) is 5.30. The van der Waals surface area contributed by atoms with Gasteiger partial charge in [-0.05, 0) is 50.3 Å². The van der Waals surface area contributed by atoms with Crippen molar-refractivity contribution in [1.82, 2.24) is 20.7 Å². The molecule has 4 rings (SSSR count). The van der Waals surface area contributed by atoms with Crippen molar-refractivity contribution < 1.29 is 10.0 Å². The van der Waals surface area contributed by atoms with Gasteiger partial charge in [0.05, 0.1) is 11.3 Å². The Morgan fingerprint density at radius 1 is 1.50 bits per heavy atom. The van der Waals surface area contributed by atoms with E-state index in [4.69, 9.17) is 5.21 Å². The summed E-state index contributed by atoms with van der Waals surface area (Å²) in [5, 5.41) is 12.5. The number of aromatic nitrogens is 1. The molecule has 0 bridgehead atoms. The summed E-state index contributed by atoms with van der Waals surface area (Å²) in [5.74, 6) is -0.495. The Kier molecular flexibility index (Phi) is 3.40. The maximum absolute atomic E-state index is 11.5. The maximum Gasteiger partial charge on any atom is 0.276 e. The van der Waals surface area contributed by atoms with Gasteiger partial charge in [0.2, 0.25) is 0 Å². The van der Waals surface area contributed by atoms with E-state index in [1.54, 1.807) is 11.7 Å². The fourth-order valence-corrected chi connectivity index (χ4v) is 4.37. The predicted molar refractivity (Wildman–Crippen MR) is 80.6 cm³/mol. The molecule has 3 N–H and O–H groups in total. The Hall–Kier alpha value is -1.50. The highest BCUT2D eigenvalue weighted by molar-refractivity contribution is 5.93. The predicted octanol–water partition coefficient (Wildman–Crippen LogP) is 0.843. The molecule has 2 atom stereocenters. The van der Waals surface area contributed by atoms with E-state index in [1.807, 2.05) is 6.07 Å². The molecule has 1 saturated heterocycles. The van der Waals surface area contributed by atoms with Gasteiger partial charge in [-0.3, -0.25) is 19.9 Å². The lowest BCUT2D eigenvalue weighted by molar-refractivity contribution is 0.0140. The number of fused-ring (bicyclic) bond motifs is 1. The van der Waals surface area contributed by atoms with Crippen LogP contribution in [0.5, 0.6) is 0 Å². The van der Waals surface area contributed by atoms with Gasteiger partial charge in [-0.2, -0.15) is 0 Å². The molecule has 6 heteroatoms. The third-order valence-electron chi connectivity index (χ3n) is 5.66. The number of carbonyl (C=O) groups excluding carboxylic acids is 1. The first-order valence-electron chi connectivity index (χ1n) is 8.13. The van der Waals surface area contributed by atoms with Gasteiger partial charge in [-0.15, -0.1) is 0 Å². The van der Waals surface area contributed by atoms with E-state index in [1.165, 1.54) is 25.7 Å². The summed E-state index contributed by atoms with van der Waals surface area (Å²) >= 11 is 0. The number of rotatable bonds is 2. The normalized spacial score (nSPS) is 30.9. The zero-order valence-electron chi connectivity index (χ0n) is 12.6. The molecule has 118 valence electrons. The summed E-state index contributed by atoms with van der Waals surface area (Å²) in [6.45, 7) is 3.04. The number of nitrogens with one attached hydrogen (secondary N) is 2. The second-order valence-corrected chi connectivity index (χ2v) is 6.73. The summed E-state index contributed by atoms with van der Waals surface area (Å²) in [6, 6.07) is 2.49. The molecule has 3 heterocycles. The standard InChI is InChI=1S/C16H22N4O2/c21-15(19-22)12-8-11-3-7-20(10-13(11)17-9-12)14-2-5-16(14)4-1-6-18-16/h8-9,14,18,22H,1-7,10H2,(H,19,21)/t14-,16-/m0/s1. The first-order valence-corrected chi connectivity index (χ1v) is 8.13. The molecular formula is C16H22N4O2. The van der Waals surface area contributed by atoms with Crippen molar-refractivity contribution in [3.8, 4) is 0 Å². The van der Waals surface area contributed by atoms with Crippen LogP contribution in [-0.4, -0.2) is 45.7 Å². The van der Waals surface area contributed by atoms with E-state index >= 15 is 0 Å². The smallest absolute Gasteiger partial charge is 0.276 e. The van der Waals surface area contributed by atoms with E-state index in [0.717, 1.165) is 37.3 Å². The summed E-state index contributed by atoms with van der Waals surface area (Å²) in [5.41, 5.74) is 4.65. The van der Waals surface area contributed by atoms with Crippen molar-refractivity contribution in [3.05, 3.63) is 29.1 Å². The minimum absolute atomic E-state index is 0.355. The second-order valence-electron chi connectivity index (χ2n) is 6.73. The van der Waals surface area contributed by atoms with Crippen LogP contribution in [0.2, 0.25) is 0 Å². The molecule has 0 aromatic carbocycles. The molecule has 2 aliphatic heterocycles. The van der Waals surface area contributed by atoms with Gasteiger partial charge in [-0.1, -0.05) is 0 Å². The lowest BCUT2D eigenvalue weighted by atomic mass is 9.69. The van der Waals surface area contributed by atoms with Crippen LogP contribution < -0.4 is 10.8 Å². The third-order valence-corrected chi connectivity index (χ3v) is 5.66. The van der Waals surface area contributed by atoms with Gasteiger partial charge >= 0.3 is 0 Å². The van der Waals surface area contributed by atoms with Crippen LogP contribution in [0.3, 0.4) is 0 Å². The lowest BCUT2D eigenvalue weighted by Crippen LogP contribution is -2.65.